The summed E-state index contributed by atoms with van der Waals surface area (Å²) < 4.78 is 27.8. The smallest absolute Gasteiger partial charge is 0.264 e. The molecule has 2 aromatic rings. The average molecular weight is 410 g/mol. The van der Waals surface area contributed by atoms with Gasteiger partial charge in [-0.3, -0.25) is 4.72 Å². The normalized spacial score (nSPS) is 11.4. The summed E-state index contributed by atoms with van der Waals surface area (Å²) >= 11 is 15.3. The second-order valence-corrected chi connectivity index (χ2v) is 7.77. The maximum Gasteiger partial charge on any atom is 0.264 e. The highest BCUT2D eigenvalue weighted by atomic mass is 79.9. The van der Waals surface area contributed by atoms with Gasteiger partial charge < -0.3 is 5.73 Å². The van der Waals surface area contributed by atoms with E-state index in [1.54, 1.807) is 24.3 Å². The molecular weight excluding hydrogens is 399 g/mol. The molecule has 2 aromatic carbocycles. The molecule has 3 N–H and O–H groups in total. The summed E-state index contributed by atoms with van der Waals surface area (Å²) in [6, 6.07) is 7.77. The fourth-order valence-electron chi connectivity index (χ4n) is 1.74. The molecule has 0 amide bonds. The number of sulfonamides is 1. The van der Waals surface area contributed by atoms with Crippen LogP contribution in [0.1, 0.15) is 5.56 Å². The van der Waals surface area contributed by atoms with Crippen LogP contribution >= 0.6 is 39.1 Å². The zero-order chi connectivity index (χ0) is 15.8. The molecule has 0 heterocycles. The molecule has 4 nitrogen and oxygen atoms in total. The first-order chi connectivity index (χ1) is 9.70. The lowest BCUT2D eigenvalue weighted by molar-refractivity contribution is 0.601. The molecule has 21 heavy (non-hydrogen) atoms. The molecule has 0 aliphatic rings. The first-order valence-electron chi connectivity index (χ1n) is 5.74. The van der Waals surface area contributed by atoms with Crippen LogP contribution in [0.3, 0.4) is 0 Å². The van der Waals surface area contributed by atoms with Gasteiger partial charge in [-0.2, -0.15) is 0 Å². The van der Waals surface area contributed by atoms with Gasteiger partial charge in [0, 0.05) is 4.47 Å². The van der Waals surface area contributed by atoms with Gasteiger partial charge in [-0.15, -0.1) is 0 Å². The van der Waals surface area contributed by atoms with Crippen LogP contribution in [-0.2, 0) is 10.0 Å². The molecule has 0 saturated carbocycles. The number of nitrogens with two attached hydrogens (primary N) is 1. The third kappa shape index (κ3) is 3.63. The molecule has 2 rings (SSSR count). The molecule has 0 fully saturated rings. The SMILES string of the molecule is Cc1ccc(S(=O)(=O)Nc2c(Cl)cc(Br)cc2Cl)c(N)c1. The molecule has 0 atom stereocenters. The van der Waals surface area contributed by atoms with Gasteiger partial charge in [-0.05, 0) is 36.8 Å². The number of anilines is 2. The number of hydrogen-bond acceptors (Lipinski definition) is 3. The molecule has 0 aliphatic carbocycles. The van der Waals surface area contributed by atoms with Crippen molar-refractivity contribution < 1.29 is 8.42 Å². The highest BCUT2D eigenvalue weighted by Crippen LogP contribution is 2.35. The van der Waals surface area contributed by atoms with Crippen molar-refractivity contribution in [3.8, 4) is 0 Å². The van der Waals surface area contributed by atoms with Crippen molar-refractivity contribution in [1.82, 2.24) is 0 Å². The Bertz CT molecular complexity index is 787. The molecule has 8 heteroatoms. The summed E-state index contributed by atoms with van der Waals surface area (Å²) in [6.07, 6.45) is 0. The lowest BCUT2D eigenvalue weighted by atomic mass is 10.2. The van der Waals surface area contributed by atoms with Crippen molar-refractivity contribution in [2.75, 3.05) is 10.5 Å². The Hall–Kier alpha value is -0.950. The number of hydrogen-bond donors (Lipinski definition) is 2. The van der Waals surface area contributed by atoms with E-state index in [4.69, 9.17) is 28.9 Å². The molecule has 0 unspecified atom stereocenters. The van der Waals surface area contributed by atoms with E-state index in [-0.39, 0.29) is 26.3 Å². The zero-order valence-electron chi connectivity index (χ0n) is 10.8. The third-order valence-corrected chi connectivity index (χ3v) is 5.18. The van der Waals surface area contributed by atoms with Crippen LogP contribution in [0.4, 0.5) is 11.4 Å². The number of nitrogens with one attached hydrogen (secondary N) is 1. The maximum absolute atomic E-state index is 12.4. The van der Waals surface area contributed by atoms with Gasteiger partial charge in [0.15, 0.2) is 0 Å². The maximum atomic E-state index is 12.4. The Kier molecular flexibility index (Phi) is 4.72. The van der Waals surface area contributed by atoms with Crippen molar-refractivity contribution >= 4 is 60.5 Å². The Labute approximate surface area is 141 Å². The van der Waals surface area contributed by atoms with E-state index < -0.39 is 10.0 Å². The minimum Gasteiger partial charge on any atom is -0.398 e. The van der Waals surface area contributed by atoms with Crippen LogP contribution in [0, 0.1) is 6.92 Å². The van der Waals surface area contributed by atoms with E-state index in [0.29, 0.717) is 4.47 Å². The van der Waals surface area contributed by atoms with E-state index in [0.717, 1.165) is 5.56 Å². The second-order valence-electron chi connectivity index (χ2n) is 4.39. The highest BCUT2D eigenvalue weighted by molar-refractivity contribution is 9.10. The predicted molar refractivity (Wildman–Crippen MR) is 90.6 cm³/mol. The Morgan fingerprint density at radius 3 is 2.24 bits per heavy atom. The van der Waals surface area contributed by atoms with Crippen LogP contribution in [0.2, 0.25) is 10.0 Å². The molecule has 0 saturated heterocycles. The number of nitrogen functional groups attached to an aromatic ring is 1. The first kappa shape index (κ1) is 16.4. The summed E-state index contributed by atoms with van der Waals surface area (Å²) in [7, 11) is -3.88. The molecule has 0 spiro atoms. The molecule has 0 aliphatic heterocycles. The molecule has 0 radical (unpaired) electrons. The minimum atomic E-state index is -3.88. The van der Waals surface area contributed by atoms with E-state index in [1.165, 1.54) is 6.07 Å². The van der Waals surface area contributed by atoms with Gasteiger partial charge in [0.2, 0.25) is 0 Å². The largest absolute Gasteiger partial charge is 0.398 e. The summed E-state index contributed by atoms with van der Waals surface area (Å²) in [6.45, 7) is 1.82. The van der Waals surface area contributed by atoms with E-state index in [2.05, 4.69) is 20.7 Å². The van der Waals surface area contributed by atoms with Crippen molar-refractivity contribution in [3.63, 3.8) is 0 Å². The van der Waals surface area contributed by atoms with Gasteiger partial charge in [0.25, 0.3) is 10.0 Å². The Morgan fingerprint density at radius 2 is 1.71 bits per heavy atom. The summed E-state index contributed by atoms with van der Waals surface area (Å²) in [5, 5.41) is 0.368. The molecule has 0 bridgehead atoms. The zero-order valence-corrected chi connectivity index (χ0v) is 14.7. The van der Waals surface area contributed by atoms with Crippen LogP contribution in [-0.4, -0.2) is 8.42 Å². The monoisotopic (exact) mass is 408 g/mol. The van der Waals surface area contributed by atoms with Crippen molar-refractivity contribution in [1.29, 1.82) is 0 Å². The van der Waals surface area contributed by atoms with Crippen molar-refractivity contribution in [2.24, 2.45) is 0 Å². The first-order valence-corrected chi connectivity index (χ1v) is 8.77. The van der Waals surface area contributed by atoms with Crippen LogP contribution in [0.25, 0.3) is 0 Å². The standard InChI is InChI=1S/C13H11BrCl2N2O2S/c1-7-2-3-12(11(17)4-7)21(19,20)18-13-9(15)5-8(14)6-10(13)16/h2-6,18H,17H2,1H3. The average Bonchev–Trinajstić information content (AvgIpc) is 2.33. The van der Waals surface area contributed by atoms with Crippen LogP contribution in [0.5, 0.6) is 0 Å². The van der Waals surface area contributed by atoms with Gasteiger partial charge in [0.05, 0.1) is 21.4 Å². The molecule has 0 aromatic heterocycles. The summed E-state index contributed by atoms with van der Waals surface area (Å²) in [5.74, 6) is 0. The predicted octanol–water partition coefficient (Wildman–Crippen LogP) is 4.45. The minimum absolute atomic E-state index is 0.0249. The van der Waals surface area contributed by atoms with Crippen molar-refractivity contribution in [2.45, 2.75) is 11.8 Å². The lowest BCUT2D eigenvalue weighted by Crippen LogP contribution is -2.15. The van der Waals surface area contributed by atoms with Gasteiger partial charge in [0.1, 0.15) is 4.90 Å². The van der Waals surface area contributed by atoms with Crippen LogP contribution in [0.15, 0.2) is 39.7 Å². The topological polar surface area (TPSA) is 72.2 Å². The molecular formula is C13H11BrCl2N2O2S. The third-order valence-electron chi connectivity index (χ3n) is 2.70. The Morgan fingerprint density at radius 1 is 1.14 bits per heavy atom. The van der Waals surface area contributed by atoms with Gasteiger partial charge in [-0.25, -0.2) is 8.42 Å². The van der Waals surface area contributed by atoms with Crippen molar-refractivity contribution in [3.05, 3.63) is 50.4 Å². The van der Waals surface area contributed by atoms with Crippen LogP contribution < -0.4 is 10.5 Å². The number of aryl methyl sites for hydroxylation is 1. The second kappa shape index (κ2) is 6.04. The fraction of sp³-hybridized carbons (Fsp3) is 0.0769. The van der Waals surface area contributed by atoms with Gasteiger partial charge >= 0.3 is 0 Å². The van der Waals surface area contributed by atoms with E-state index in [1.807, 2.05) is 6.92 Å². The summed E-state index contributed by atoms with van der Waals surface area (Å²) in [5.41, 5.74) is 6.91. The Balaban J connectivity index is 2.47. The van der Waals surface area contributed by atoms with E-state index >= 15 is 0 Å². The summed E-state index contributed by atoms with van der Waals surface area (Å²) in [4.78, 5) is -0.0249. The fourth-order valence-corrected chi connectivity index (χ4v) is 4.37. The van der Waals surface area contributed by atoms with E-state index in [9.17, 15) is 8.42 Å². The quantitative estimate of drug-likeness (QED) is 0.735. The number of halogens is 3. The highest BCUT2D eigenvalue weighted by Gasteiger charge is 2.20. The number of rotatable bonds is 3. The number of benzene rings is 2. The van der Waals surface area contributed by atoms with Gasteiger partial charge in [-0.1, -0.05) is 45.2 Å². The lowest BCUT2D eigenvalue weighted by Gasteiger charge is -2.13. The molecule has 112 valence electrons.